The van der Waals surface area contributed by atoms with Crippen molar-refractivity contribution in [2.75, 3.05) is 18.0 Å². The van der Waals surface area contributed by atoms with Gasteiger partial charge in [0.25, 0.3) is 0 Å². The standard InChI is InChI=1S/C12H18N4O2/c13-6-4-10-3-1-2-8-15(10)11-5-7-14-9-12(11)16(17)18/h5,7,9-10H,1-4,6,8,13H2. The highest BCUT2D eigenvalue weighted by Crippen LogP contribution is 2.32. The van der Waals surface area contributed by atoms with Gasteiger partial charge in [0.1, 0.15) is 11.9 Å². The fourth-order valence-corrected chi connectivity index (χ4v) is 2.57. The second kappa shape index (κ2) is 5.77. The molecule has 98 valence electrons. The van der Waals surface area contributed by atoms with Crippen molar-refractivity contribution in [1.82, 2.24) is 4.98 Å². The Balaban J connectivity index is 2.30. The number of pyridine rings is 1. The summed E-state index contributed by atoms with van der Waals surface area (Å²) in [6.07, 6.45) is 7.09. The second-order valence-corrected chi connectivity index (χ2v) is 4.54. The monoisotopic (exact) mass is 250 g/mol. The average molecular weight is 250 g/mol. The number of nitrogens with zero attached hydrogens (tertiary/aromatic N) is 3. The van der Waals surface area contributed by atoms with E-state index in [0.717, 1.165) is 25.8 Å². The molecule has 2 N–H and O–H groups in total. The number of nitrogens with two attached hydrogens (primary N) is 1. The molecule has 2 rings (SSSR count). The van der Waals surface area contributed by atoms with Crippen molar-refractivity contribution in [3.63, 3.8) is 0 Å². The molecule has 1 aliphatic heterocycles. The molecule has 1 aliphatic rings. The summed E-state index contributed by atoms with van der Waals surface area (Å²) < 4.78 is 0. The topological polar surface area (TPSA) is 85.3 Å². The fourth-order valence-electron chi connectivity index (χ4n) is 2.57. The van der Waals surface area contributed by atoms with E-state index in [1.54, 1.807) is 12.3 Å². The number of anilines is 1. The van der Waals surface area contributed by atoms with Crippen LogP contribution in [-0.2, 0) is 0 Å². The molecular formula is C12H18N4O2. The first-order chi connectivity index (χ1) is 8.74. The smallest absolute Gasteiger partial charge is 0.310 e. The van der Waals surface area contributed by atoms with E-state index < -0.39 is 0 Å². The minimum absolute atomic E-state index is 0.0846. The zero-order valence-electron chi connectivity index (χ0n) is 10.3. The Bertz CT molecular complexity index is 422. The van der Waals surface area contributed by atoms with Crippen molar-refractivity contribution in [3.05, 3.63) is 28.6 Å². The summed E-state index contributed by atoms with van der Waals surface area (Å²) >= 11 is 0. The molecule has 1 saturated heterocycles. The van der Waals surface area contributed by atoms with Crippen LogP contribution >= 0.6 is 0 Å². The van der Waals surface area contributed by atoms with Crippen LogP contribution in [0.15, 0.2) is 18.5 Å². The lowest BCUT2D eigenvalue weighted by atomic mass is 9.98. The van der Waals surface area contributed by atoms with Gasteiger partial charge in [-0.1, -0.05) is 0 Å². The summed E-state index contributed by atoms with van der Waals surface area (Å²) in [5, 5.41) is 11.0. The molecule has 1 aromatic heterocycles. The zero-order valence-corrected chi connectivity index (χ0v) is 10.3. The first-order valence-electron chi connectivity index (χ1n) is 6.29. The summed E-state index contributed by atoms with van der Waals surface area (Å²) in [5.41, 5.74) is 6.38. The highest BCUT2D eigenvalue weighted by Gasteiger charge is 2.27. The Labute approximate surface area is 106 Å². The number of hydrogen-bond acceptors (Lipinski definition) is 5. The van der Waals surface area contributed by atoms with Crippen LogP contribution in [0.2, 0.25) is 0 Å². The van der Waals surface area contributed by atoms with Crippen LogP contribution in [0.25, 0.3) is 0 Å². The van der Waals surface area contributed by atoms with Crippen LogP contribution in [0.4, 0.5) is 11.4 Å². The maximum atomic E-state index is 11.0. The molecule has 1 atom stereocenters. The molecule has 0 saturated carbocycles. The molecule has 2 heterocycles. The maximum Gasteiger partial charge on any atom is 0.310 e. The number of rotatable bonds is 4. The van der Waals surface area contributed by atoms with Gasteiger partial charge in [-0.05, 0) is 38.3 Å². The van der Waals surface area contributed by atoms with Gasteiger partial charge in [0.2, 0.25) is 0 Å². The highest BCUT2D eigenvalue weighted by molar-refractivity contribution is 5.62. The summed E-state index contributed by atoms with van der Waals surface area (Å²) in [6.45, 7) is 1.47. The van der Waals surface area contributed by atoms with Gasteiger partial charge < -0.3 is 10.6 Å². The van der Waals surface area contributed by atoms with Crippen LogP contribution in [-0.4, -0.2) is 29.0 Å². The first kappa shape index (κ1) is 12.8. The third kappa shape index (κ3) is 2.59. The molecule has 6 nitrogen and oxygen atoms in total. The van der Waals surface area contributed by atoms with Gasteiger partial charge in [-0.3, -0.25) is 15.1 Å². The van der Waals surface area contributed by atoms with Crippen molar-refractivity contribution in [2.45, 2.75) is 31.7 Å². The molecule has 0 bridgehead atoms. The lowest BCUT2D eigenvalue weighted by Crippen LogP contribution is -2.41. The van der Waals surface area contributed by atoms with Gasteiger partial charge in [0.15, 0.2) is 0 Å². The number of aromatic nitrogens is 1. The second-order valence-electron chi connectivity index (χ2n) is 4.54. The summed E-state index contributed by atoms with van der Waals surface area (Å²) in [6, 6.07) is 2.04. The normalized spacial score (nSPS) is 19.8. The predicted octanol–water partition coefficient (Wildman–Crippen LogP) is 1.70. The molecule has 1 fully saturated rings. The van der Waals surface area contributed by atoms with E-state index in [-0.39, 0.29) is 10.6 Å². The first-order valence-corrected chi connectivity index (χ1v) is 6.29. The van der Waals surface area contributed by atoms with E-state index in [4.69, 9.17) is 5.73 Å². The Kier molecular flexibility index (Phi) is 4.09. The van der Waals surface area contributed by atoms with Crippen LogP contribution in [0, 0.1) is 10.1 Å². The van der Waals surface area contributed by atoms with Crippen LogP contribution in [0.5, 0.6) is 0 Å². The summed E-state index contributed by atoms with van der Waals surface area (Å²) in [7, 11) is 0. The fraction of sp³-hybridized carbons (Fsp3) is 0.583. The molecule has 0 amide bonds. The van der Waals surface area contributed by atoms with E-state index >= 15 is 0 Å². The van der Waals surface area contributed by atoms with Crippen molar-refractivity contribution in [3.8, 4) is 0 Å². The summed E-state index contributed by atoms with van der Waals surface area (Å²) in [4.78, 5) is 16.6. The van der Waals surface area contributed by atoms with Crippen LogP contribution in [0.3, 0.4) is 0 Å². The maximum absolute atomic E-state index is 11.0. The van der Waals surface area contributed by atoms with Crippen LogP contribution < -0.4 is 10.6 Å². The molecule has 18 heavy (non-hydrogen) atoms. The largest absolute Gasteiger partial charge is 0.363 e. The number of nitro groups is 1. The lowest BCUT2D eigenvalue weighted by molar-refractivity contribution is -0.384. The van der Waals surface area contributed by atoms with E-state index in [1.165, 1.54) is 12.6 Å². The SMILES string of the molecule is NCCC1CCCCN1c1ccncc1[N+](=O)[O-]. The Morgan fingerprint density at radius 3 is 3.11 bits per heavy atom. The third-order valence-electron chi connectivity index (χ3n) is 3.41. The van der Waals surface area contributed by atoms with Gasteiger partial charge in [-0.2, -0.15) is 0 Å². The van der Waals surface area contributed by atoms with E-state index in [1.807, 2.05) is 0 Å². The minimum atomic E-state index is -0.365. The molecule has 6 heteroatoms. The van der Waals surface area contributed by atoms with E-state index in [9.17, 15) is 10.1 Å². The predicted molar refractivity (Wildman–Crippen MR) is 69.5 cm³/mol. The molecule has 0 radical (unpaired) electrons. The van der Waals surface area contributed by atoms with E-state index in [0.29, 0.717) is 18.3 Å². The van der Waals surface area contributed by atoms with Crippen molar-refractivity contribution < 1.29 is 4.92 Å². The minimum Gasteiger partial charge on any atom is -0.363 e. The Morgan fingerprint density at radius 2 is 2.39 bits per heavy atom. The van der Waals surface area contributed by atoms with Gasteiger partial charge in [-0.15, -0.1) is 0 Å². The van der Waals surface area contributed by atoms with E-state index in [2.05, 4.69) is 9.88 Å². The van der Waals surface area contributed by atoms with Gasteiger partial charge in [0, 0.05) is 18.8 Å². The Morgan fingerprint density at radius 1 is 1.56 bits per heavy atom. The quantitative estimate of drug-likeness (QED) is 0.649. The van der Waals surface area contributed by atoms with Gasteiger partial charge in [0.05, 0.1) is 4.92 Å². The molecule has 0 aromatic carbocycles. The number of hydrogen-bond donors (Lipinski definition) is 1. The Hall–Kier alpha value is -1.69. The highest BCUT2D eigenvalue weighted by atomic mass is 16.6. The molecule has 1 unspecified atom stereocenters. The third-order valence-corrected chi connectivity index (χ3v) is 3.41. The van der Waals surface area contributed by atoms with Gasteiger partial charge in [-0.25, -0.2) is 0 Å². The molecule has 1 aromatic rings. The van der Waals surface area contributed by atoms with Crippen LogP contribution in [0.1, 0.15) is 25.7 Å². The average Bonchev–Trinajstić information content (AvgIpc) is 2.40. The molecular weight excluding hydrogens is 232 g/mol. The molecule has 0 spiro atoms. The van der Waals surface area contributed by atoms with Gasteiger partial charge >= 0.3 is 5.69 Å². The molecule has 0 aliphatic carbocycles. The lowest BCUT2D eigenvalue weighted by Gasteiger charge is -2.37. The summed E-state index contributed by atoms with van der Waals surface area (Å²) in [5.74, 6) is 0. The van der Waals surface area contributed by atoms with Crippen molar-refractivity contribution in [1.29, 1.82) is 0 Å². The van der Waals surface area contributed by atoms with Crippen molar-refractivity contribution >= 4 is 11.4 Å². The zero-order chi connectivity index (χ0) is 13.0. The number of piperidine rings is 1. The van der Waals surface area contributed by atoms with Crippen molar-refractivity contribution in [2.24, 2.45) is 5.73 Å².